The molecule has 0 bridgehead atoms. The van der Waals surface area contributed by atoms with Gasteiger partial charge in [-0.1, -0.05) is 66.2 Å². The first-order valence-electron chi connectivity index (χ1n) is 13.0. The summed E-state index contributed by atoms with van der Waals surface area (Å²) in [6.45, 7) is 2.92. The molecule has 1 amide bonds. The molecule has 3 atom stereocenters. The summed E-state index contributed by atoms with van der Waals surface area (Å²) in [6, 6.07) is 22.9. The van der Waals surface area contributed by atoms with Crippen molar-refractivity contribution in [2.45, 2.75) is 43.0 Å². The van der Waals surface area contributed by atoms with Gasteiger partial charge in [-0.2, -0.15) is 0 Å². The van der Waals surface area contributed by atoms with Crippen molar-refractivity contribution in [2.75, 3.05) is 13.7 Å². The largest absolute Gasteiger partial charge is 0.499 e. The highest BCUT2D eigenvalue weighted by atomic mass is 33.1. The van der Waals surface area contributed by atoms with Gasteiger partial charge in [0.2, 0.25) is 8.87 Å². The van der Waals surface area contributed by atoms with E-state index in [-0.39, 0.29) is 29.6 Å². The van der Waals surface area contributed by atoms with Gasteiger partial charge in [-0.15, -0.1) is 0 Å². The maximum atomic E-state index is 13.4. The van der Waals surface area contributed by atoms with Gasteiger partial charge in [-0.05, 0) is 43.7 Å². The summed E-state index contributed by atoms with van der Waals surface area (Å²) >= 11 is 0. The highest BCUT2D eigenvalue weighted by Gasteiger charge is 2.54. The number of aliphatic hydroxyl groups excluding tert-OH is 1. The molecule has 3 aromatic rings. The molecule has 1 heterocycles. The van der Waals surface area contributed by atoms with Crippen molar-refractivity contribution in [3.8, 4) is 5.75 Å². The van der Waals surface area contributed by atoms with E-state index in [1.54, 1.807) is 66.7 Å². The van der Waals surface area contributed by atoms with Crippen LogP contribution < -0.4 is 10.1 Å². The van der Waals surface area contributed by atoms with Crippen molar-refractivity contribution in [1.82, 2.24) is 10.2 Å². The third-order valence-electron chi connectivity index (χ3n) is 6.47. The van der Waals surface area contributed by atoms with Gasteiger partial charge in [0, 0.05) is 10.8 Å². The SMILES string of the molecule is CO/C(C)=C(\C(=O)OCc1ccccc1)N1C(O)C(NC(=O)COc2ccccc2)C1SS(=O)(=O)c1ccc(C)cc1. The Hall–Kier alpha value is -4.00. The van der Waals surface area contributed by atoms with Crippen LogP contribution in [-0.4, -0.2) is 61.7 Å². The number of nitrogens with one attached hydrogen (secondary N) is 1. The molecule has 1 saturated heterocycles. The minimum absolute atomic E-state index is 0.0394. The lowest BCUT2D eigenvalue weighted by Crippen LogP contribution is -2.72. The van der Waals surface area contributed by atoms with Gasteiger partial charge in [-0.3, -0.25) is 4.79 Å². The number of ether oxygens (including phenoxy) is 3. The molecule has 0 saturated carbocycles. The van der Waals surface area contributed by atoms with Crippen LogP contribution in [0.1, 0.15) is 18.1 Å². The first-order valence-corrected chi connectivity index (χ1v) is 15.9. The average molecular weight is 613 g/mol. The van der Waals surface area contributed by atoms with Gasteiger partial charge in [0.25, 0.3) is 5.91 Å². The van der Waals surface area contributed by atoms with Crippen molar-refractivity contribution in [3.05, 3.63) is 108 Å². The minimum atomic E-state index is -4.00. The van der Waals surface area contributed by atoms with Gasteiger partial charge in [-0.25, -0.2) is 13.2 Å². The van der Waals surface area contributed by atoms with Crippen molar-refractivity contribution >= 4 is 31.5 Å². The number of carbonyl (C=O) groups excluding carboxylic acids is 2. The highest BCUT2D eigenvalue weighted by molar-refractivity contribution is 8.72. The van der Waals surface area contributed by atoms with Crippen LogP contribution in [0.5, 0.6) is 5.75 Å². The molecule has 42 heavy (non-hydrogen) atoms. The molecule has 0 spiro atoms. The molecular weight excluding hydrogens is 580 g/mol. The van der Waals surface area contributed by atoms with Crippen LogP contribution in [0.2, 0.25) is 0 Å². The Balaban J connectivity index is 1.59. The number of esters is 1. The average Bonchev–Trinajstić information content (AvgIpc) is 3.00. The van der Waals surface area contributed by atoms with Crippen LogP contribution >= 0.6 is 10.8 Å². The van der Waals surface area contributed by atoms with Crippen LogP contribution in [0, 0.1) is 6.92 Å². The van der Waals surface area contributed by atoms with Crippen LogP contribution in [-0.2, 0) is 34.5 Å². The van der Waals surface area contributed by atoms with Crippen molar-refractivity contribution in [1.29, 1.82) is 0 Å². The number of nitrogens with zero attached hydrogens (tertiary/aromatic N) is 1. The zero-order valence-electron chi connectivity index (χ0n) is 23.3. The lowest BCUT2D eigenvalue weighted by atomic mass is 10.0. The Kier molecular flexibility index (Phi) is 10.2. The maximum Gasteiger partial charge on any atom is 0.358 e. The molecular formula is C30H32N2O8S2. The van der Waals surface area contributed by atoms with E-state index in [9.17, 15) is 23.1 Å². The first kappa shape index (κ1) is 30.9. The summed E-state index contributed by atoms with van der Waals surface area (Å²) in [5.74, 6) is -0.838. The molecule has 10 nitrogen and oxygen atoms in total. The van der Waals surface area contributed by atoms with E-state index >= 15 is 0 Å². The molecule has 1 aliphatic rings. The predicted molar refractivity (Wildman–Crippen MR) is 157 cm³/mol. The summed E-state index contributed by atoms with van der Waals surface area (Å²) in [5, 5.41) is 12.7. The lowest BCUT2D eigenvalue weighted by molar-refractivity contribution is -0.154. The topological polar surface area (TPSA) is 131 Å². The molecule has 0 radical (unpaired) electrons. The molecule has 3 unspecified atom stereocenters. The number of likely N-dealkylation sites (tertiary alicyclic amines) is 1. The number of hydrogen-bond donors (Lipinski definition) is 2. The Morgan fingerprint density at radius 2 is 1.60 bits per heavy atom. The number of methoxy groups -OCH3 is 1. The number of aliphatic hydroxyl groups is 1. The Morgan fingerprint density at radius 3 is 2.21 bits per heavy atom. The molecule has 222 valence electrons. The monoisotopic (exact) mass is 612 g/mol. The van der Waals surface area contributed by atoms with Crippen molar-refractivity contribution in [3.63, 3.8) is 0 Å². The zero-order valence-corrected chi connectivity index (χ0v) is 24.9. The molecule has 0 aromatic heterocycles. The van der Waals surface area contributed by atoms with E-state index in [4.69, 9.17) is 14.2 Å². The number of carbonyl (C=O) groups is 2. The number of para-hydroxylation sites is 1. The van der Waals surface area contributed by atoms with E-state index in [1.807, 2.05) is 13.0 Å². The standard InChI is InChI=1S/C30H32N2O8S2/c1-20-14-16-24(17-15-20)42(36,37)41-29-26(31-25(33)19-39-23-12-8-5-9-13-23)28(34)32(29)27(21(2)38-3)30(35)40-18-22-10-6-4-7-11-22/h4-17,26,28-29,34H,18-19H2,1-3H3,(H,31,33)/b27-21+. The highest BCUT2D eigenvalue weighted by Crippen LogP contribution is 2.42. The number of allylic oxidation sites excluding steroid dienone is 1. The summed E-state index contributed by atoms with van der Waals surface area (Å²) in [5.41, 5.74) is 1.45. The fourth-order valence-corrected chi connectivity index (χ4v) is 7.73. The fraction of sp³-hybridized carbons (Fsp3) is 0.267. The molecule has 0 aliphatic carbocycles. The van der Waals surface area contributed by atoms with Gasteiger partial charge in [0.1, 0.15) is 29.5 Å². The molecule has 1 aliphatic heterocycles. The Labute approximate surface area is 248 Å². The van der Waals surface area contributed by atoms with Gasteiger partial charge >= 0.3 is 5.97 Å². The predicted octanol–water partition coefficient (Wildman–Crippen LogP) is 3.56. The number of hydrogen-bond acceptors (Lipinski definition) is 10. The van der Waals surface area contributed by atoms with Gasteiger partial charge in [0.05, 0.1) is 12.0 Å². The molecule has 12 heteroatoms. The van der Waals surface area contributed by atoms with Crippen LogP contribution in [0.25, 0.3) is 0 Å². The second-order valence-electron chi connectivity index (χ2n) is 9.44. The number of rotatable bonds is 12. The second-order valence-corrected chi connectivity index (χ2v) is 13.4. The zero-order chi connectivity index (χ0) is 30.3. The van der Waals surface area contributed by atoms with Crippen LogP contribution in [0.4, 0.5) is 0 Å². The maximum absolute atomic E-state index is 13.4. The summed E-state index contributed by atoms with van der Waals surface area (Å²) in [4.78, 5) is 27.3. The van der Waals surface area contributed by atoms with E-state index in [2.05, 4.69) is 5.32 Å². The van der Waals surface area contributed by atoms with Crippen molar-refractivity contribution in [2.24, 2.45) is 0 Å². The van der Waals surface area contributed by atoms with E-state index in [1.165, 1.54) is 31.1 Å². The summed E-state index contributed by atoms with van der Waals surface area (Å²) in [7, 11) is -2.16. The van der Waals surface area contributed by atoms with E-state index in [0.29, 0.717) is 16.5 Å². The Bertz CT molecular complexity index is 1510. The lowest BCUT2D eigenvalue weighted by Gasteiger charge is -2.52. The van der Waals surface area contributed by atoms with Crippen molar-refractivity contribution < 1.29 is 37.3 Å². The molecule has 3 aromatic carbocycles. The van der Waals surface area contributed by atoms with Gasteiger partial charge in [0.15, 0.2) is 18.5 Å². The molecule has 2 N–H and O–H groups in total. The number of amides is 1. The number of benzene rings is 3. The molecule has 4 rings (SSSR count). The first-order chi connectivity index (χ1) is 20.1. The quantitative estimate of drug-likeness (QED) is 0.135. The normalized spacial score (nSPS) is 18.8. The summed E-state index contributed by atoms with van der Waals surface area (Å²) < 4.78 is 43.2. The smallest absolute Gasteiger partial charge is 0.358 e. The second kappa shape index (κ2) is 13.8. The summed E-state index contributed by atoms with van der Waals surface area (Å²) in [6.07, 6.45) is -1.47. The fourth-order valence-electron chi connectivity index (χ4n) is 4.16. The molecule has 1 fully saturated rings. The van der Waals surface area contributed by atoms with Gasteiger partial charge < -0.3 is 29.5 Å². The van der Waals surface area contributed by atoms with E-state index < -0.39 is 38.4 Å². The third-order valence-corrected chi connectivity index (χ3v) is 10.2. The number of aryl methyl sites for hydroxylation is 1. The van der Waals surface area contributed by atoms with E-state index in [0.717, 1.165) is 11.1 Å². The van der Waals surface area contributed by atoms with Crippen LogP contribution in [0.15, 0.2) is 101 Å². The Morgan fingerprint density at radius 1 is 0.976 bits per heavy atom. The third kappa shape index (κ3) is 7.44. The minimum Gasteiger partial charge on any atom is -0.499 e. The van der Waals surface area contributed by atoms with Crippen LogP contribution in [0.3, 0.4) is 0 Å².